The minimum absolute atomic E-state index is 0.430. The Morgan fingerprint density at radius 3 is 2.32 bits per heavy atom. The Morgan fingerprint density at radius 2 is 1.54 bits per heavy atom. The number of benzene rings is 3. The van der Waals surface area contributed by atoms with E-state index in [-0.39, 0.29) is 0 Å². The second-order valence-electron chi connectivity index (χ2n) is 6.22. The van der Waals surface area contributed by atoms with E-state index in [1.807, 2.05) is 85.8 Å². The van der Waals surface area contributed by atoms with Gasteiger partial charge in [-0.3, -0.25) is 0 Å². The summed E-state index contributed by atoms with van der Waals surface area (Å²) in [5.41, 5.74) is 2.95. The summed E-state index contributed by atoms with van der Waals surface area (Å²) in [4.78, 5) is 4.46. The minimum Gasteiger partial charge on any atom is -0.457 e. The highest BCUT2D eigenvalue weighted by atomic mass is 16.5. The molecule has 3 aromatic carbocycles. The number of hydrogen-bond acceptors (Lipinski definition) is 6. The molecule has 0 atom stereocenters. The molecule has 0 saturated carbocycles. The van der Waals surface area contributed by atoms with Gasteiger partial charge in [0.05, 0.1) is 6.20 Å². The van der Waals surface area contributed by atoms with Gasteiger partial charge in [0.2, 0.25) is 5.95 Å². The molecule has 2 N–H and O–H groups in total. The van der Waals surface area contributed by atoms with Gasteiger partial charge < -0.3 is 15.4 Å². The van der Waals surface area contributed by atoms with Gasteiger partial charge in [-0.1, -0.05) is 30.3 Å². The Bertz CT molecular complexity index is 1050. The lowest BCUT2D eigenvalue weighted by Gasteiger charge is -2.09. The molecule has 6 nitrogen and oxygen atoms in total. The number of anilines is 4. The molecule has 0 unspecified atom stereocenters. The van der Waals surface area contributed by atoms with Crippen LogP contribution >= 0.6 is 0 Å². The Morgan fingerprint density at radius 1 is 0.750 bits per heavy atom. The molecule has 4 rings (SSSR count). The lowest BCUT2D eigenvalue weighted by atomic mass is 10.2. The number of nitrogens with one attached hydrogen (secondary N) is 2. The van der Waals surface area contributed by atoms with Gasteiger partial charge in [0.15, 0.2) is 5.82 Å². The lowest BCUT2D eigenvalue weighted by Crippen LogP contribution is -2.02. The minimum atomic E-state index is 0.430. The first-order valence-corrected chi connectivity index (χ1v) is 8.88. The largest absolute Gasteiger partial charge is 0.457 e. The molecule has 0 fully saturated rings. The van der Waals surface area contributed by atoms with Crippen molar-refractivity contribution in [2.45, 2.75) is 6.92 Å². The quantitative estimate of drug-likeness (QED) is 0.470. The smallest absolute Gasteiger partial charge is 0.249 e. The molecule has 1 aromatic heterocycles. The van der Waals surface area contributed by atoms with E-state index >= 15 is 0 Å². The van der Waals surface area contributed by atoms with Crippen LogP contribution in [0.3, 0.4) is 0 Å². The maximum Gasteiger partial charge on any atom is 0.249 e. The van der Waals surface area contributed by atoms with Crippen molar-refractivity contribution >= 4 is 23.1 Å². The lowest BCUT2D eigenvalue weighted by molar-refractivity contribution is 0.483. The van der Waals surface area contributed by atoms with E-state index in [0.29, 0.717) is 11.8 Å². The van der Waals surface area contributed by atoms with E-state index < -0.39 is 0 Å². The maximum atomic E-state index is 5.80. The molecule has 0 aliphatic heterocycles. The highest BCUT2D eigenvalue weighted by Crippen LogP contribution is 2.24. The molecule has 0 bridgehead atoms. The zero-order chi connectivity index (χ0) is 19.2. The van der Waals surface area contributed by atoms with Crippen molar-refractivity contribution in [3.63, 3.8) is 0 Å². The first-order chi connectivity index (χ1) is 13.7. The summed E-state index contributed by atoms with van der Waals surface area (Å²) in [6.07, 6.45) is 1.58. The van der Waals surface area contributed by atoms with E-state index in [0.717, 1.165) is 28.4 Å². The second kappa shape index (κ2) is 8.18. The molecule has 1 heterocycles. The summed E-state index contributed by atoms with van der Waals surface area (Å²) in [5, 5.41) is 14.4. The average molecular weight is 369 g/mol. The standard InChI is InChI=1S/C22H19N5O/c1-16-6-5-7-18(14-16)25-22-26-21(15-23-27-22)24-17-10-12-20(13-11-17)28-19-8-3-2-4-9-19/h2-15H,1H3,(H2,24,25,26,27). The molecular weight excluding hydrogens is 350 g/mol. The molecule has 28 heavy (non-hydrogen) atoms. The topological polar surface area (TPSA) is 72.0 Å². The van der Waals surface area contributed by atoms with E-state index in [1.54, 1.807) is 6.20 Å². The van der Waals surface area contributed by atoms with Crippen LogP contribution in [0.15, 0.2) is 85.1 Å². The monoisotopic (exact) mass is 369 g/mol. The highest BCUT2D eigenvalue weighted by molar-refractivity contribution is 5.59. The van der Waals surface area contributed by atoms with Gasteiger partial charge in [0.1, 0.15) is 11.5 Å². The third kappa shape index (κ3) is 4.62. The van der Waals surface area contributed by atoms with Crippen molar-refractivity contribution in [2.24, 2.45) is 0 Å². The fraction of sp³-hybridized carbons (Fsp3) is 0.0455. The molecule has 138 valence electrons. The van der Waals surface area contributed by atoms with Crippen LogP contribution < -0.4 is 15.4 Å². The van der Waals surface area contributed by atoms with Crippen molar-refractivity contribution in [3.05, 3.63) is 90.6 Å². The predicted molar refractivity (Wildman–Crippen MR) is 111 cm³/mol. The molecule has 0 spiro atoms. The third-order valence-corrected chi connectivity index (χ3v) is 3.94. The highest BCUT2D eigenvalue weighted by Gasteiger charge is 2.03. The first-order valence-electron chi connectivity index (χ1n) is 8.88. The van der Waals surface area contributed by atoms with Crippen LogP contribution in [-0.2, 0) is 0 Å². The molecule has 4 aromatic rings. The maximum absolute atomic E-state index is 5.80. The molecular formula is C22H19N5O. The number of aromatic nitrogens is 3. The van der Waals surface area contributed by atoms with Crippen LogP contribution in [0.25, 0.3) is 0 Å². The van der Waals surface area contributed by atoms with E-state index in [9.17, 15) is 0 Å². The summed E-state index contributed by atoms with van der Waals surface area (Å²) < 4.78 is 5.80. The molecule has 0 amide bonds. The number of hydrogen-bond donors (Lipinski definition) is 2. The number of aryl methyl sites for hydroxylation is 1. The Labute approximate surface area is 163 Å². The molecule has 0 saturated heterocycles. The predicted octanol–water partition coefficient (Wildman–Crippen LogP) is 5.46. The fourth-order valence-corrected chi connectivity index (χ4v) is 2.65. The number of para-hydroxylation sites is 1. The van der Waals surface area contributed by atoms with Crippen LogP contribution in [-0.4, -0.2) is 15.2 Å². The van der Waals surface area contributed by atoms with Crippen LogP contribution in [0.5, 0.6) is 11.5 Å². The van der Waals surface area contributed by atoms with Gasteiger partial charge in [-0.15, -0.1) is 5.10 Å². The van der Waals surface area contributed by atoms with Crippen molar-refractivity contribution in [1.29, 1.82) is 0 Å². The van der Waals surface area contributed by atoms with Gasteiger partial charge in [0, 0.05) is 11.4 Å². The van der Waals surface area contributed by atoms with Crippen LogP contribution in [0.2, 0.25) is 0 Å². The van der Waals surface area contributed by atoms with Crippen molar-refractivity contribution in [3.8, 4) is 11.5 Å². The van der Waals surface area contributed by atoms with E-state index in [4.69, 9.17) is 4.74 Å². The number of rotatable bonds is 6. The SMILES string of the molecule is Cc1cccc(Nc2nncc(Nc3ccc(Oc4ccccc4)cc3)n2)c1. The molecule has 0 aliphatic carbocycles. The normalized spacial score (nSPS) is 10.3. The second-order valence-corrected chi connectivity index (χ2v) is 6.22. The van der Waals surface area contributed by atoms with Gasteiger partial charge in [-0.2, -0.15) is 10.1 Å². The summed E-state index contributed by atoms with van der Waals surface area (Å²) >= 11 is 0. The summed E-state index contributed by atoms with van der Waals surface area (Å²) in [6, 6.07) is 25.3. The number of nitrogens with zero attached hydrogens (tertiary/aromatic N) is 3. The third-order valence-electron chi connectivity index (χ3n) is 3.94. The van der Waals surface area contributed by atoms with Crippen LogP contribution in [0.1, 0.15) is 5.56 Å². The van der Waals surface area contributed by atoms with E-state index in [1.165, 1.54) is 0 Å². The van der Waals surface area contributed by atoms with Gasteiger partial charge in [0.25, 0.3) is 0 Å². The van der Waals surface area contributed by atoms with Gasteiger partial charge in [-0.25, -0.2) is 0 Å². The number of ether oxygens (including phenoxy) is 1. The Kier molecular flexibility index (Phi) is 5.11. The van der Waals surface area contributed by atoms with Crippen LogP contribution in [0.4, 0.5) is 23.1 Å². The van der Waals surface area contributed by atoms with Gasteiger partial charge >= 0.3 is 0 Å². The molecule has 0 aliphatic rings. The Balaban J connectivity index is 1.42. The summed E-state index contributed by atoms with van der Waals surface area (Å²) in [7, 11) is 0. The Hall–Kier alpha value is -3.93. The zero-order valence-corrected chi connectivity index (χ0v) is 15.3. The average Bonchev–Trinajstić information content (AvgIpc) is 2.71. The van der Waals surface area contributed by atoms with Crippen LogP contribution in [0, 0.1) is 6.92 Å². The van der Waals surface area contributed by atoms with E-state index in [2.05, 4.69) is 25.8 Å². The summed E-state index contributed by atoms with van der Waals surface area (Å²) in [6.45, 7) is 2.04. The van der Waals surface area contributed by atoms with Gasteiger partial charge in [-0.05, 0) is 61.0 Å². The van der Waals surface area contributed by atoms with Crippen molar-refractivity contribution < 1.29 is 4.74 Å². The molecule has 0 radical (unpaired) electrons. The zero-order valence-electron chi connectivity index (χ0n) is 15.3. The van der Waals surface area contributed by atoms with Crippen molar-refractivity contribution in [1.82, 2.24) is 15.2 Å². The molecule has 6 heteroatoms. The first kappa shape index (κ1) is 17.5. The van der Waals surface area contributed by atoms with Crippen molar-refractivity contribution in [2.75, 3.05) is 10.6 Å². The summed E-state index contributed by atoms with van der Waals surface area (Å²) in [5.74, 6) is 2.59. The fourth-order valence-electron chi connectivity index (χ4n) is 2.65.